The minimum absolute atomic E-state index is 0.0343. The van der Waals surface area contributed by atoms with Gasteiger partial charge in [0.2, 0.25) is 5.91 Å². The first-order valence-corrected chi connectivity index (χ1v) is 19.8. The van der Waals surface area contributed by atoms with Crippen molar-refractivity contribution >= 4 is 23.9 Å². The van der Waals surface area contributed by atoms with E-state index in [1.165, 1.54) is 12.1 Å². The van der Waals surface area contributed by atoms with Crippen LogP contribution in [0.1, 0.15) is 71.9 Å². The lowest BCUT2D eigenvalue weighted by Gasteiger charge is -2.70. The number of benzene rings is 2. The fourth-order valence-corrected chi connectivity index (χ4v) is 11.1. The molecule has 0 aromatic heterocycles. The van der Waals surface area contributed by atoms with E-state index < -0.39 is 64.0 Å². The number of hydrogen-bond donors (Lipinski definition) is 3. The van der Waals surface area contributed by atoms with Crippen molar-refractivity contribution in [1.82, 2.24) is 10.6 Å². The van der Waals surface area contributed by atoms with Gasteiger partial charge in [-0.05, 0) is 68.4 Å². The second kappa shape index (κ2) is 12.5. The molecule has 2 aromatic rings. The molecule has 4 saturated heterocycles. The number of epoxide rings is 2. The van der Waals surface area contributed by atoms with Gasteiger partial charge < -0.3 is 44.2 Å². The summed E-state index contributed by atoms with van der Waals surface area (Å²) in [6.07, 6.45) is -0.468. The van der Waals surface area contributed by atoms with Crippen LogP contribution in [0.4, 0.5) is 4.79 Å². The van der Waals surface area contributed by atoms with Crippen molar-refractivity contribution in [2.75, 3.05) is 6.61 Å². The molecule has 5 aliphatic heterocycles. The Morgan fingerprint density at radius 3 is 2.29 bits per heavy atom. The maximum atomic E-state index is 14.8. The average Bonchev–Trinajstić information content (AvgIpc) is 4.02. The molecule has 11 atom stereocenters. The van der Waals surface area contributed by atoms with Gasteiger partial charge in [-0.2, -0.15) is 0 Å². The van der Waals surface area contributed by atoms with Gasteiger partial charge in [0.25, 0.3) is 0 Å². The van der Waals surface area contributed by atoms with Gasteiger partial charge in [0.05, 0.1) is 6.10 Å². The summed E-state index contributed by atoms with van der Waals surface area (Å²) in [4.78, 5) is 54.8. The Labute approximate surface area is 325 Å². The molecule has 56 heavy (non-hydrogen) atoms. The topological polar surface area (TPSA) is 175 Å². The fraction of sp³-hybridized carbons (Fsp3) is 0.581. The number of carbonyl (C=O) groups is 4. The average molecular weight is 771 g/mol. The van der Waals surface area contributed by atoms with E-state index in [1.54, 1.807) is 32.9 Å². The largest absolute Gasteiger partial charge is 0.508 e. The molecule has 13 nitrogen and oxygen atoms in total. The van der Waals surface area contributed by atoms with Crippen LogP contribution in [-0.2, 0) is 55.6 Å². The Balaban J connectivity index is 1.03. The number of esters is 2. The molecular formula is C43H50N2O11. The normalized spacial score (nSPS) is 36.6. The molecule has 5 heterocycles. The van der Waals surface area contributed by atoms with Gasteiger partial charge in [-0.3, -0.25) is 4.79 Å². The van der Waals surface area contributed by atoms with Gasteiger partial charge in [0, 0.05) is 36.2 Å². The van der Waals surface area contributed by atoms with Crippen molar-refractivity contribution in [3.8, 4) is 5.75 Å². The Hall–Kier alpha value is -4.46. The molecule has 0 radical (unpaired) electrons. The van der Waals surface area contributed by atoms with Crippen LogP contribution in [0.25, 0.3) is 0 Å². The number of nitrogens with one attached hydrogen (secondary N) is 2. The quantitative estimate of drug-likeness (QED) is 0.179. The highest BCUT2D eigenvalue weighted by molar-refractivity contribution is 5.92. The maximum Gasteiger partial charge on any atom is 0.408 e. The van der Waals surface area contributed by atoms with Crippen molar-refractivity contribution < 1.29 is 52.7 Å². The number of carbonyl (C=O) groups excluding carboxylic acids is 4. The van der Waals surface area contributed by atoms with Crippen molar-refractivity contribution in [1.29, 1.82) is 0 Å². The molecule has 10 rings (SSSR count). The van der Waals surface area contributed by atoms with E-state index in [0.29, 0.717) is 24.8 Å². The lowest BCUT2D eigenvalue weighted by atomic mass is 9.42. The Bertz CT molecular complexity index is 2000. The lowest BCUT2D eigenvalue weighted by molar-refractivity contribution is -0.367. The zero-order valence-corrected chi connectivity index (χ0v) is 32.6. The molecule has 2 spiro atoms. The molecule has 2 saturated carbocycles. The summed E-state index contributed by atoms with van der Waals surface area (Å²) in [5.74, 6) is -1.63. The van der Waals surface area contributed by atoms with Crippen LogP contribution in [0.2, 0.25) is 0 Å². The van der Waals surface area contributed by atoms with E-state index in [4.69, 9.17) is 28.4 Å². The van der Waals surface area contributed by atoms with Gasteiger partial charge in [0.1, 0.15) is 59.1 Å². The minimum Gasteiger partial charge on any atom is -0.508 e. The molecule has 2 amide bonds. The first-order chi connectivity index (χ1) is 26.5. The van der Waals surface area contributed by atoms with E-state index in [0.717, 1.165) is 16.7 Å². The Kier molecular flexibility index (Phi) is 8.30. The van der Waals surface area contributed by atoms with Gasteiger partial charge in [0.15, 0.2) is 6.10 Å². The van der Waals surface area contributed by atoms with E-state index in [2.05, 4.69) is 17.6 Å². The molecule has 2 aromatic carbocycles. The summed E-state index contributed by atoms with van der Waals surface area (Å²) in [7, 11) is 0. The molecule has 8 aliphatic rings. The number of ether oxygens (including phenoxy) is 6. The molecule has 1 unspecified atom stereocenters. The van der Waals surface area contributed by atoms with Crippen molar-refractivity contribution in [2.45, 2.75) is 133 Å². The van der Waals surface area contributed by atoms with E-state index in [1.807, 2.05) is 44.2 Å². The second-order valence-corrected chi connectivity index (χ2v) is 18.2. The summed E-state index contributed by atoms with van der Waals surface area (Å²) in [5.41, 5.74) is -0.727. The maximum absolute atomic E-state index is 14.8. The second-order valence-electron chi connectivity index (χ2n) is 18.2. The van der Waals surface area contributed by atoms with Crippen LogP contribution in [0.3, 0.4) is 0 Å². The monoisotopic (exact) mass is 770 g/mol. The standard InChI is InChI=1S/C43H50N2O11/c1-22(2)42-32(54-42)33-43(55-33)40(6)17-16-26-27(21-51-35(26)48)31(40)30-20-41(43,53-30)37(42)52-36(49)29(19-24-12-14-25(46)15-13-24)44-34(47)28(18-23-10-8-7-9-11-23)45-38(50)56-39(3,4)5/h7-15,22,28-33,37,46H,16-21H2,1-6H3,(H,44,47)(H,45,50)/t28-,29-,30?,31+,32-,33-,37-,40-,41+,42-,43+/m0/s1. The number of alkyl carbamates (subject to hydrolysis) is 1. The highest BCUT2D eigenvalue weighted by Gasteiger charge is 2.99. The van der Waals surface area contributed by atoms with Crippen molar-refractivity contribution in [3.05, 3.63) is 76.9 Å². The molecular weight excluding hydrogens is 720 g/mol. The number of amides is 2. The third kappa shape index (κ3) is 5.36. The van der Waals surface area contributed by atoms with Gasteiger partial charge >= 0.3 is 18.0 Å². The molecule has 3 N–H and O–H groups in total. The molecule has 3 aliphatic carbocycles. The van der Waals surface area contributed by atoms with E-state index in [-0.39, 0.29) is 61.3 Å². The number of hydrogen-bond acceptors (Lipinski definition) is 11. The highest BCUT2D eigenvalue weighted by Crippen LogP contribution is 2.82. The summed E-state index contributed by atoms with van der Waals surface area (Å²) in [5, 5.41) is 15.6. The number of fused-ring (bicyclic) bond motifs is 2. The van der Waals surface area contributed by atoms with E-state index >= 15 is 0 Å². The lowest BCUT2D eigenvalue weighted by Crippen LogP contribution is -2.84. The predicted molar refractivity (Wildman–Crippen MR) is 198 cm³/mol. The fourth-order valence-electron chi connectivity index (χ4n) is 11.1. The summed E-state index contributed by atoms with van der Waals surface area (Å²) < 4.78 is 38.2. The van der Waals surface area contributed by atoms with Crippen LogP contribution >= 0.6 is 0 Å². The minimum atomic E-state index is -1.20. The van der Waals surface area contributed by atoms with Crippen LogP contribution in [0.15, 0.2) is 65.7 Å². The van der Waals surface area contributed by atoms with Crippen molar-refractivity contribution in [2.24, 2.45) is 17.3 Å². The number of phenols is 1. The van der Waals surface area contributed by atoms with Gasteiger partial charge in [-0.1, -0.05) is 63.2 Å². The molecule has 2 bridgehead atoms. The smallest absolute Gasteiger partial charge is 0.408 e. The van der Waals surface area contributed by atoms with E-state index in [9.17, 15) is 24.3 Å². The SMILES string of the molecule is CC(C)[C@]12O[C@H]1[C@@H]1O[C@@]13[C@@]1(C)CCC4=C(COC4=O)[C@@H]1C1C[C@@]3(O1)[C@@H]2OC(=O)[C@H](Cc1ccc(O)cc1)NC(=O)[C@H](Cc1ccccc1)NC(=O)OC(C)(C)C. The number of phenolic OH excluding ortho intramolecular Hbond substituents is 1. The van der Waals surface area contributed by atoms with Crippen LogP contribution < -0.4 is 10.6 Å². The molecule has 6 fully saturated rings. The van der Waals surface area contributed by atoms with Crippen LogP contribution in [0, 0.1) is 17.3 Å². The van der Waals surface area contributed by atoms with Crippen LogP contribution in [0.5, 0.6) is 5.75 Å². The summed E-state index contributed by atoms with van der Waals surface area (Å²) in [6.45, 7) is 11.8. The first-order valence-electron chi connectivity index (χ1n) is 19.8. The molecule has 13 heteroatoms. The third-order valence-electron chi connectivity index (χ3n) is 13.6. The Morgan fingerprint density at radius 2 is 1.61 bits per heavy atom. The van der Waals surface area contributed by atoms with Crippen molar-refractivity contribution in [3.63, 3.8) is 0 Å². The zero-order chi connectivity index (χ0) is 39.6. The number of rotatable bonds is 10. The number of aromatic hydroxyl groups is 1. The van der Waals surface area contributed by atoms with Gasteiger partial charge in [-0.15, -0.1) is 0 Å². The summed E-state index contributed by atoms with van der Waals surface area (Å²) >= 11 is 0. The van der Waals surface area contributed by atoms with Crippen LogP contribution in [-0.4, -0.2) is 94.6 Å². The number of cyclic esters (lactones) is 1. The molecule has 298 valence electrons. The zero-order valence-electron chi connectivity index (χ0n) is 32.6. The van der Waals surface area contributed by atoms with Gasteiger partial charge in [-0.25, -0.2) is 14.4 Å². The first kappa shape index (κ1) is 37.1. The predicted octanol–water partition coefficient (Wildman–Crippen LogP) is 4.22. The summed E-state index contributed by atoms with van der Waals surface area (Å²) in [6, 6.07) is 13.3. The highest BCUT2D eigenvalue weighted by atomic mass is 16.7. The Morgan fingerprint density at radius 1 is 0.929 bits per heavy atom. The third-order valence-corrected chi connectivity index (χ3v) is 13.6.